The standard InChI is InChI=1S/C10H22N2O/c1-9(6-11)7-12-5-3-2-4-10(12)8-13/h9-10,13H,2-8,11H2,1H3. The van der Waals surface area contributed by atoms with Crippen molar-refractivity contribution in [2.45, 2.75) is 32.2 Å². The Morgan fingerprint density at radius 1 is 1.54 bits per heavy atom. The van der Waals surface area contributed by atoms with Gasteiger partial charge in [0.1, 0.15) is 0 Å². The zero-order valence-corrected chi connectivity index (χ0v) is 8.58. The summed E-state index contributed by atoms with van der Waals surface area (Å²) in [6.45, 7) is 5.40. The summed E-state index contributed by atoms with van der Waals surface area (Å²) >= 11 is 0. The highest BCUT2D eigenvalue weighted by molar-refractivity contribution is 4.77. The Hall–Kier alpha value is -0.120. The maximum absolute atomic E-state index is 9.17. The second-order valence-corrected chi connectivity index (χ2v) is 4.17. The third kappa shape index (κ3) is 3.25. The highest BCUT2D eigenvalue weighted by Gasteiger charge is 2.22. The van der Waals surface area contributed by atoms with Gasteiger partial charge in [-0.1, -0.05) is 13.3 Å². The number of aliphatic hydroxyl groups excluding tert-OH is 1. The lowest BCUT2D eigenvalue weighted by Crippen LogP contribution is -2.44. The molecular weight excluding hydrogens is 164 g/mol. The lowest BCUT2D eigenvalue weighted by atomic mass is 10.0. The van der Waals surface area contributed by atoms with Crippen LogP contribution >= 0.6 is 0 Å². The van der Waals surface area contributed by atoms with Gasteiger partial charge in [-0.15, -0.1) is 0 Å². The first kappa shape index (κ1) is 11.0. The van der Waals surface area contributed by atoms with Crippen LogP contribution in [0, 0.1) is 5.92 Å². The molecule has 2 unspecified atom stereocenters. The molecule has 2 atom stereocenters. The summed E-state index contributed by atoms with van der Waals surface area (Å²) in [5.41, 5.74) is 5.59. The Kier molecular flexibility index (Phi) is 4.70. The van der Waals surface area contributed by atoms with Crippen molar-refractivity contribution in [2.75, 3.05) is 26.2 Å². The molecule has 0 amide bonds. The van der Waals surface area contributed by atoms with Crippen LogP contribution < -0.4 is 5.73 Å². The number of hydrogen-bond acceptors (Lipinski definition) is 3. The minimum atomic E-state index is 0.303. The van der Waals surface area contributed by atoms with Crippen LogP contribution in [0.5, 0.6) is 0 Å². The van der Waals surface area contributed by atoms with Gasteiger partial charge in [0.05, 0.1) is 6.61 Å². The molecular formula is C10H22N2O. The van der Waals surface area contributed by atoms with Crippen molar-refractivity contribution >= 4 is 0 Å². The highest BCUT2D eigenvalue weighted by Crippen LogP contribution is 2.17. The van der Waals surface area contributed by atoms with E-state index in [1.807, 2.05) is 0 Å². The number of nitrogens with zero attached hydrogens (tertiary/aromatic N) is 1. The molecule has 3 heteroatoms. The molecule has 0 aromatic heterocycles. The fourth-order valence-electron chi connectivity index (χ4n) is 1.98. The summed E-state index contributed by atoms with van der Waals surface area (Å²) in [6, 6.07) is 0.391. The van der Waals surface area contributed by atoms with Crippen LogP contribution in [0.15, 0.2) is 0 Å². The van der Waals surface area contributed by atoms with Crippen molar-refractivity contribution in [3.05, 3.63) is 0 Å². The normalized spacial score (nSPS) is 27.5. The van der Waals surface area contributed by atoms with E-state index < -0.39 is 0 Å². The minimum absolute atomic E-state index is 0.303. The van der Waals surface area contributed by atoms with E-state index in [1.165, 1.54) is 12.8 Å². The second-order valence-electron chi connectivity index (χ2n) is 4.17. The van der Waals surface area contributed by atoms with Gasteiger partial charge in [0.15, 0.2) is 0 Å². The summed E-state index contributed by atoms with van der Waals surface area (Å²) in [6.07, 6.45) is 3.68. The highest BCUT2D eigenvalue weighted by atomic mass is 16.3. The molecule has 1 fully saturated rings. The predicted octanol–water partition coefficient (Wildman–Crippen LogP) is 0.428. The molecule has 1 heterocycles. The Morgan fingerprint density at radius 2 is 2.31 bits per heavy atom. The Labute approximate surface area is 80.9 Å². The van der Waals surface area contributed by atoms with E-state index in [0.29, 0.717) is 18.6 Å². The molecule has 13 heavy (non-hydrogen) atoms. The molecule has 0 radical (unpaired) electrons. The molecule has 78 valence electrons. The van der Waals surface area contributed by atoms with Crippen molar-refractivity contribution in [1.82, 2.24) is 4.90 Å². The van der Waals surface area contributed by atoms with Gasteiger partial charge in [-0.2, -0.15) is 0 Å². The first-order chi connectivity index (χ1) is 6.27. The van der Waals surface area contributed by atoms with E-state index in [0.717, 1.165) is 26.1 Å². The van der Waals surface area contributed by atoms with E-state index >= 15 is 0 Å². The van der Waals surface area contributed by atoms with Crippen molar-refractivity contribution in [2.24, 2.45) is 11.7 Å². The maximum atomic E-state index is 9.17. The smallest absolute Gasteiger partial charge is 0.0586 e. The van der Waals surface area contributed by atoms with Gasteiger partial charge in [-0.25, -0.2) is 0 Å². The van der Waals surface area contributed by atoms with Gasteiger partial charge in [0.25, 0.3) is 0 Å². The Morgan fingerprint density at radius 3 is 2.92 bits per heavy atom. The maximum Gasteiger partial charge on any atom is 0.0586 e. The van der Waals surface area contributed by atoms with Crippen molar-refractivity contribution in [1.29, 1.82) is 0 Å². The third-order valence-electron chi connectivity index (χ3n) is 2.91. The summed E-state index contributed by atoms with van der Waals surface area (Å²) in [4.78, 5) is 2.39. The number of hydrogen-bond donors (Lipinski definition) is 2. The molecule has 0 aliphatic carbocycles. The summed E-state index contributed by atoms with van der Waals surface area (Å²) < 4.78 is 0. The number of aliphatic hydroxyl groups is 1. The van der Waals surface area contributed by atoms with Crippen LogP contribution in [0.1, 0.15) is 26.2 Å². The summed E-state index contributed by atoms with van der Waals surface area (Å²) in [5.74, 6) is 0.548. The SMILES string of the molecule is CC(CN)CN1CCCCC1CO. The van der Waals surface area contributed by atoms with Crippen molar-refractivity contribution in [3.63, 3.8) is 0 Å². The molecule has 1 saturated heterocycles. The molecule has 1 aliphatic heterocycles. The zero-order chi connectivity index (χ0) is 9.68. The van der Waals surface area contributed by atoms with Crippen molar-refractivity contribution < 1.29 is 5.11 Å². The third-order valence-corrected chi connectivity index (χ3v) is 2.91. The van der Waals surface area contributed by atoms with E-state index in [-0.39, 0.29) is 0 Å². The molecule has 3 nitrogen and oxygen atoms in total. The van der Waals surface area contributed by atoms with E-state index in [4.69, 9.17) is 5.73 Å². The van der Waals surface area contributed by atoms with Gasteiger partial charge in [0.2, 0.25) is 0 Å². The predicted molar refractivity (Wildman–Crippen MR) is 54.5 cm³/mol. The van der Waals surface area contributed by atoms with Gasteiger partial charge in [0, 0.05) is 12.6 Å². The second kappa shape index (κ2) is 5.58. The largest absolute Gasteiger partial charge is 0.395 e. The van der Waals surface area contributed by atoms with Crippen LogP contribution in [-0.4, -0.2) is 42.3 Å². The van der Waals surface area contributed by atoms with Gasteiger partial charge < -0.3 is 10.8 Å². The number of likely N-dealkylation sites (tertiary alicyclic amines) is 1. The molecule has 0 aromatic carbocycles. The van der Waals surface area contributed by atoms with Gasteiger partial charge in [-0.05, 0) is 31.8 Å². The van der Waals surface area contributed by atoms with E-state index in [9.17, 15) is 5.11 Å². The fraction of sp³-hybridized carbons (Fsp3) is 1.00. The average molecular weight is 186 g/mol. The molecule has 0 saturated carbocycles. The molecule has 3 N–H and O–H groups in total. The number of rotatable bonds is 4. The van der Waals surface area contributed by atoms with Gasteiger partial charge in [-0.3, -0.25) is 4.90 Å². The first-order valence-corrected chi connectivity index (χ1v) is 5.33. The minimum Gasteiger partial charge on any atom is -0.395 e. The topological polar surface area (TPSA) is 49.5 Å². The van der Waals surface area contributed by atoms with Crippen LogP contribution in [0.2, 0.25) is 0 Å². The van der Waals surface area contributed by atoms with Crippen molar-refractivity contribution in [3.8, 4) is 0 Å². The molecule has 0 spiro atoms. The quantitative estimate of drug-likeness (QED) is 0.669. The van der Waals surface area contributed by atoms with Crippen LogP contribution in [-0.2, 0) is 0 Å². The van der Waals surface area contributed by atoms with Crippen LogP contribution in [0.3, 0.4) is 0 Å². The lowest BCUT2D eigenvalue weighted by Gasteiger charge is -2.36. The fourth-order valence-corrected chi connectivity index (χ4v) is 1.98. The number of piperidine rings is 1. The number of nitrogens with two attached hydrogens (primary N) is 1. The van der Waals surface area contributed by atoms with Crippen LogP contribution in [0.25, 0.3) is 0 Å². The Bertz CT molecular complexity index is 141. The van der Waals surface area contributed by atoms with Crippen LogP contribution in [0.4, 0.5) is 0 Å². The summed E-state index contributed by atoms with van der Waals surface area (Å²) in [5, 5.41) is 9.17. The van der Waals surface area contributed by atoms with E-state index in [1.54, 1.807) is 0 Å². The van der Waals surface area contributed by atoms with E-state index in [2.05, 4.69) is 11.8 Å². The molecule has 1 rings (SSSR count). The molecule has 0 aromatic rings. The first-order valence-electron chi connectivity index (χ1n) is 5.33. The summed E-state index contributed by atoms with van der Waals surface area (Å²) in [7, 11) is 0. The lowest BCUT2D eigenvalue weighted by molar-refractivity contribution is 0.0792. The zero-order valence-electron chi connectivity index (χ0n) is 8.58. The monoisotopic (exact) mass is 186 g/mol. The average Bonchev–Trinajstić information content (AvgIpc) is 2.18. The Balaban J connectivity index is 2.35. The molecule has 1 aliphatic rings. The van der Waals surface area contributed by atoms with Gasteiger partial charge >= 0.3 is 0 Å². The molecule has 0 bridgehead atoms.